The van der Waals surface area contributed by atoms with Crippen LogP contribution in [0.15, 0.2) is 99.4 Å². The Bertz CT molecular complexity index is 1460. The van der Waals surface area contributed by atoms with E-state index in [4.69, 9.17) is 4.98 Å². The van der Waals surface area contributed by atoms with Crippen LogP contribution in [-0.4, -0.2) is 9.55 Å². The van der Waals surface area contributed by atoms with Gasteiger partial charge in [0.2, 0.25) is 0 Å². The van der Waals surface area contributed by atoms with Crippen molar-refractivity contribution in [3.8, 4) is 16.8 Å². The third kappa shape index (κ3) is 4.06. The van der Waals surface area contributed by atoms with Crippen molar-refractivity contribution in [3.05, 3.63) is 110 Å². The van der Waals surface area contributed by atoms with Gasteiger partial charge in [-0.1, -0.05) is 88.4 Å². The van der Waals surface area contributed by atoms with Gasteiger partial charge in [0.05, 0.1) is 11.1 Å². The molecule has 158 valence electrons. The predicted molar refractivity (Wildman–Crippen MR) is 139 cm³/mol. The zero-order valence-electron chi connectivity index (χ0n) is 17.3. The van der Waals surface area contributed by atoms with Gasteiger partial charge in [-0.15, -0.1) is 11.3 Å². The zero-order valence-corrected chi connectivity index (χ0v) is 20.5. The average molecular weight is 519 g/mol. The highest BCUT2D eigenvalue weighted by atomic mass is 79.9. The summed E-state index contributed by atoms with van der Waals surface area (Å²) in [7, 11) is 0. The normalized spacial score (nSPS) is 11.2. The number of benzene rings is 3. The SMILES string of the molecule is Cc1sc2nc(SCc3cccc(Br)c3)n(-c3ccccc3)c(=O)c2c1-c1ccccc1. The Morgan fingerprint density at radius 1 is 0.969 bits per heavy atom. The van der Waals surface area contributed by atoms with Crippen molar-refractivity contribution in [2.75, 3.05) is 0 Å². The second-order valence-electron chi connectivity index (χ2n) is 7.37. The summed E-state index contributed by atoms with van der Waals surface area (Å²) in [6, 6.07) is 28.1. The molecule has 32 heavy (non-hydrogen) atoms. The number of thiophene rings is 1. The van der Waals surface area contributed by atoms with Gasteiger partial charge >= 0.3 is 0 Å². The van der Waals surface area contributed by atoms with Crippen molar-refractivity contribution >= 4 is 49.2 Å². The second-order valence-corrected chi connectivity index (χ2v) is 10.4. The largest absolute Gasteiger partial charge is 0.268 e. The lowest BCUT2D eigenvalue weighted by atomic mass is 10.0. The molecule has 3 nitrogen and oxygen atoms in total. The van der Waals surface area contributed by atoms with Crippen molar-refractivity contribution in [1.82, 2.24) is 9.55 Å². The Morgan fingerprint density at radius 2 is 1.69 bits per heavy atom. The first-order chi connectivity index (χ1) is 15.6. The van der Waals surface area contributed by atoms with E-state index < -0.39 is 0 Å². The second kappa shape index (κ2) is 9.06. The number of aromatic nitrogens is 2. The lowest BCUT2D eigenvalue weighted by Gasteiger charge is -2.13. The van der Waals surface area contributed by atoms with Crippen LogP contribution in [-0.2, 0) is 5.75 Å². The van der Waals surface area contributed by atoms with Crippen LogP contribution in [0.5, 0.6) is 0 Å². The fourth-order valence-corrected chi connectivity index (χ4v) is 6.26. The molecule has 2 aromatic heterocycles. The van der Waals surface area contributed by atoms with Crippen LogP contribution >= 0.6 is 39.0 Å². The van der Waals surface area contributed by atoms with Gasteiger partial charge in [0.1, 0.15) is 4.83 Å². The summed E-state index contributed by atoms with van der Waals surface area (Å²) in [6.45, 7) is 2.06. The number of rotatable bonds is 5. The van der Waals surface area contributed by atoms with Gasteiger partial charge in [-0.25, -0.2) is 4.98 Å². The van der Waals surface area contributed by atoms with Crippen molar-refractivity contribution < 1.29 is 0 Å². The van der Waals surface area contributed by atoms with Crippen LogP contribution in [0.1, 0.15) is 10.4 Å². The van der Waals surface area contributed by atoms with E-state index in [-0.39, 0.29) is 5.56 Å². The highest BCUT2D eigenvalue weighted by Crippen LogP contribution is 2.37. The molecule has 0 unspecified atom stereocenters. The molecule has 5 rings (SSSR count). The highest BCUT2D eigenvalue weighted by Gasteiger charge is 2.20. The first-order valence-electron chi connectivity index (χ1n) is 10.2. The average Bonchev–Trinajstić information content (AvgIpc) is 3.15. The molecule has 3 aromatic carbocycles. The fourth-order valence-electron chi connectivity index (χ4n) is 3.77. The van der Waals surface area contributed by atoms with E-state index in [2.05, 4.69) is 47.1 Å². The smallest absolute Gasteiger partial charge is 0.268 e. The molecule has 0 aliphatic carbocycles. The van der Waals surface area contributed by atoms with E-state index >= 15 is 0 Å². The van der Waals surface area contributed by atoms with E-state index in [0.29, 0.717) is 10.5 Å². The molecule has 0 aliphatic rings. The van der Waals surface area contributed by atoms with Crippen LogP contribution in [0.3, 0.4) is 0 Å². The van der Waals surface area contributed by atoms with Crippen molar-refractivity contribution in [3.63, 3.8) is 0 Å². The van der Waals surface area contributed by atoms with Crippen molar-refractivity contribution in [2.45, 2.75) is 17.8 Å². The number of nitrogens with zero attached hydrogens (tertiary/aromatic N) is 2. The van der Waals surface area contributed by atoms with Crippen LogP contribution in [0.2, 0.25) is 0 Å². The fraction of sp³-hybridized carbons (Fsp3) is 0.0769. The van der Waals surface area contributed by atoms with Crippen LogP contribution in [0, 0.1) is 6.92 Å². The predicted octanol–water partition coefficient (Wildman–Crippen LogP) is 7.48. The number of para-hydroxylation sites is 1. The van der Waals surface area contributed by atoms with Crippen LogP contribution in [0.4, 0.5) is 0 Å². The maximum atomic E-state index is 13.9. The molecular formula is C26H19BrN2OS2. The third-order valence-electron chi connectivity index (χ3n) is 5.20. The topological polar surface area (TPSA) is 34.9 Å². The van der Waals surface area contributed by atoms with E-state index in [9.17, 15) is 4.79 Å². The van der Waals surface area contributed by atoms with Crippen LogP contribution in [0.25, 0.3) is 27.0 Å². The molecule has 0 aliphatic heterocycles. The minimum absolute atomic E-state index is 0.0267. The molecule has 0 saturated heterocycles. The Balaban J connectivity index is 1.71. The number of halogens is 1. The lowest BCUT2D eigenvalue weighted by Crippen LogP contribution is -2.21. The number of hydrogen-bond donors (Lipinski definition) is 0. The standard InChI is InChI=1S/C26H19BrN2OS2/c1-17-22(19-10-4-2-5-11-19)23-24(32-17)28-26(31-16-18-9-8-12-20(27)15-18)29(25(23)30)21-13-6-3-7-14-21/h2-15H,16H2,1H3. The van der Waals surface area contributed by atoms with Crippen LogP contribution < -0.4 is 5.56 Å². The number of hydrogen-bond acceptors (Lipinski definition) is 4. The summed E-state index contributed by atoms with van der Waals surface area (Å²) in [5.74, 6) is 0.722. The quantitative estimate of drug-likeness (QED) is 0.178. The van der Waals surface area contributed by atoms with Gasteiger partial charge in [0.25, 0.3) is 5.56 Å². The molecule has 0 spiro atoms. The molecule has 0 saturated carbocycles. The Kier molecular flexibility index (Phi) is 6.00. The molecular weight excluding hydrogens is 500 g/mol. The monoisotopic (exact) mass is 518 g/mol. The third-order valence-corrected chi connectivity index (χ3v) is 7.71. The van der Waals surface area contributed by atoms with E-state index in [0.717, 1.165) is 36.7 Å². The number of thioether (sulfide) groups is 1. The Morgan fingerprint density at radius 3 is 2.41 bits per heavy atom. The minimum Gasteiger partial charge on any atom is -0.268 e. The van der Waals surface area contributed by atoms with Crippen molar-refractivity contribution in [2.24, 2.45) is 0 Å². The molecule has 0 atom stereocenters. The summed E-state index contributed by atoms with van der Waals surface area (Å²) in [5.41, 5.74) is 4.00. The molecule has 2 heterocycles. The maximum Gasteiger partial charge on any atom is 0.268 e. The molecule has 6 heteroatoms. The first-order valence-corrected chi connectivity index (χ1v) is 12.8. The first kappa shape index (κ1) is 21.2. The van der Waals surface area contributed by atoms with Gasteiger partial charge in [0.15, 0.2) is 5.16 Å². The molecule has 0 amide bonds. The number of fused-ring (bicyclic) bond motifs is 1. The molecule has 0 N–H and O–H groups in total. The summed E-state index contributed by atoms with van der Waals surface area (Å²) in [6.07, 6.45) is 0. The Hall–Kier alpha value is -2.67. The Labute approximate surface area is 202 Å². The summed E-state index contributed by atoms with van der Waals surface area (Å²) in [5, 5.41) is 1.39. The van der Waals surface area contributed by atoms with E-state index in [1.54, 1.807) is 27.7 Å². The molecule has 0 fully saturated rings. The van der Waals surface area contributed by atoms with E-state index in [1.165, 1.54) is 5.56 Å². The van der Waals surface area contributed by atoms with Gasteiger partial charge < -0.3 is 0 Å². The minimum atomic E-state index is -0.0267. The highest BCUT2D eigenvalue weighted by molar-refractivity contribution is 9.10. The zero-order chi connectivity index (χ0) is 22.1. The molecule has 5 aromatic rings. The van der Waals surface area contributed by atoms with Gasteiger partial charge in [-0.05, 0) is 42.3 Å². The summed E-state index contributed by atoms with van der Waals surface area (Å²) < 4.78 is 2.80. The molecule has 0 bridgehead atoms. The van der Waals surface area contributed by atoms with Crippen molar-refractivity contribution in [1.29, 1.82) is 0 Å². The number of aryl methyl sites for hydroxylation is 1. The summed E-state index contributed by atoms with van der Waals surface area (Å²) >= 11 is 6.70. The van der Waals surface area contributed by atoms with Gasteiger partial charge in [-0.3, -0.25) is 9.36 Å². The van der Waals surface area contributed by atoms with E-state index in [1.807, 2.05) is 60.7 Å². The van der Waals surface area contributed by atoms with Gasteiger partial charge in [-0.2, -0.15) is 0 Å². The lowest BCUT2D eigenvalue weighted by molar-refractivity contribution is 0.822. The molecule has 0 radical (unpaired) electrons. The van der Waals surface area contributed by atoms with Gasteiger partial charge in [0, 0.05) is 20.7 Å². The summed E-state index contributed by atoms with van der Waals surface area (Å²) in [4.78, 5) is 20.8. The maximum absolute atomic E-state index is 13.9.